The Hall–Kier alpha value is -1.10. The van der Waals surface area contributed by atoms with Crippen molar-refractivity contribution in [1.82, 2.24) is 9.80 Å². The molecule has 0 aromatic heterocycles. The van der Waals surface area contributed by atoms with Gasteiger partial charge in [0.05, 0.1) is 13.2 Å². The molecular weight excluding hydrogens is 256 g/mol. The molecule has 0 saturated carbocycles. The molecule has 5 heteroatoms. The van der Waals surface area contributed by atoms with Crippen molar-refractivity contribution in [2.45, 2.75) is 39.5 Å². The number of carbonyl (C=O) groups excluding carboxylic acids is 2. The lowest BCUT2D eigenvalue weighted by atomic mass is 9.86. The van der Waals surface area contributed by atoms with Gasteiger partial charge in [0.2, 0.25) is 11.8 Å². The van der Waals surface area contributed by atoms with Gasteiger partial charge in [-0.15, -0.1) is 0 Å². The van der Waals surface area contributed by atoms with Crippen LogP contribution in [0.4, 0.5) is 0 Å². The Morgan fingerprint density at radius 2 is 1.60 bits per heavy atom. The van der Waals surface area contributed by atoms with E-state index in [9.17, 15) is 9.59 Å². The van der Waals surface area contributed by atoms with Gasteiger partial charge in [-0.2, -0.15) is 0 Å². The first-order chi connectivity index (χ1) is 9.50. The molecule has 2 saturated heterocycles. The summed E-state index contributed by atoms with van der Waals surface area (Å²) in [6.45, 7) is 8.28. The molecule has 0 aliphatic carbocycles. The zero-order chi connectivity index (χ0) is 14.6. The van der Waals surface area contributed by atoms with Crippen molar-refractivity contribution in [3.63, 3.8) is 0 Å². The van der Waals surface area contributed by atoms with Gasteiger partial charge in [0.15, 0.2) is 0 Å². The summed E-state index contributed by atoms with van der Waals surface area (Å²) in [6, 6.07) is 0. The SMILES string of the molecule is CC(C)(CCC(=O)N1CCOCC1)C(=O)N1CCCC1. The highest BCUT2D eigenvalue weighted by atomic mass is 16.5. The number of nitrogens with zero attached hydrogens (tertiary/aromatic N) is 2. The van der Waals surface area contributed by atoms with Gasteiger partial charge in [-0.3, -0.25) is 9.59 Å². The highest BCUT2D eigenvalue weighted by Crippen LogP contribution is 2.27. The Morgan fingerprint density at radius 1 is 1.00 bits per heavy atom. The Kier molecular flexibility index (Phi) is 5.02. The Labute approximate surface area is 121 Å². The third-order valence-electron chi connectivity index (χ3n) is 4.30. The number of likely N-dealkylation sites (tertiary alicyclic amines) is 1. The normalized spacial score (nSPS) is 20.3. The monoisotopic (exact) mass is 282 g/mol. The molecule has 2 rings (SSSR count). The van der Waals surface area contributed by atoms with E-state index in [4.69, 9.17) is 4.74 Å². The molecule has 20 heavy (non-hydrogen) atoms. The maximum Gasteiger partial charge on any atom is 0.228 e. The first kappa shape index (κ1) is 15.3. The molecule has 2 aliphatic rings. The summed E-state index contributed by atoms with van der Waals surface area (Å²) < 4.78 is 5.25. The molecule has 0 aromatic rings. The van der Waals surface area contributed by atoms with E-state index in [0.29, 0.717) is 39.1 Å². The first-order valence-corrected chi connectivity index (χ1v) is 7.65. The molecule has 0 N–H and O–H groups in total. The van der Waals surface area contributed by atoms with Crippen LogP contribution >= 0.6 is 0 Å². The number of rotatable bonds is 4. The molecule has 2 aliphatic heterocycles. The minimum atomic E-state index is -0.438. The molecule has 0 aromatic carbocycles. The molecule has 0 bridgehead atoms. The van der Waals surface area contributed by atoms with Gasteiger partial charge in [0, 0.05) is 38.0 Å². The molecule has 2 heterocycles. The van der Waals surface area contributed by atoms with Crippen LogP contribution in [0.3, 0.4) is 0 Å². The first-order valence-electron chi connectivity index (χ1n) is 7.65. The summed E-state index contributed by atoms with van der Waals surface area (Å²) >= 11 is 0. The number of carbonyl (C=O) groups is 2. The van der Waals surface area contributed by atoms with Crippen molar-refractivity contribution in [2.75, 3.05) is 39.4 Å². The van der Waals surface area contributed by atoms with E-state index in [1.165, 1.54) is 0 Å². The van der Waals surface area contributed by atoms with Crippen LogP contribution in [-0.4, -0.2) is 61.0 Å². The summed E-state index contributed by atoms with van der Waals surface area (Å²) in [5.41, 5.74) is -0.438. The molecule has 0 atom stereocenters. The second kappa shape index (κ2) is 6.57. The largest absolute Gasteiger partial charge is 0.378 e. The smallest absolute Gasteiger partial charge is 0.228 e. The standard InChI is InChI=1S/C15H26N2O3/c1-15(2,14(19)17-7-3-4-8-17)6-5-13(18)16-9-11-20-12-10-16/h3-12H2,1-2H3. The minimum absolute atomic E-state index is 0.149. The zero-order valence-corrected chi connectivity index (χ0v) is 12.7. The summed E-state index contributed by atoms with van der Waals surface area (Å²) in [5.74, 6) is 0.348. The van der Waals surface area contributed by atoms with Crippen molar-refractivity contribution in [1.29, 1.82) is 0 Å². The van der Waals surface area contributed by atoms with E-state index in [2.05, 4.69) is 0 Å². The third kappa shape index (κ3) is 3.72. The number of hydrogen-bond donors (Lipinski definition) is 0. The predicted molar refractivity (Wildman–Crippen MR) is 76.2 cm³/mol. The number of ether oxygens (including phenoxy) is 1. The molecule has 2 amide bonds. The highest BCUT2D eigenvalue weighted by molar-refractivity contribution is 5.83. The molecule has 0 spiro atoms. The maximum atomic E-state index is 12.4. The van der Waals surface area contributed by atoms with Crippen LogP contribution in [-0.2, 0) is 14.3 Å². The third-order valence-corrected chi connectivity index (χ3v) is 4.30. The second-order valence-corrected chi connectivity index (χ2v) is 6.38. The van der Waals surface area contributed by atoms with Crippen LogP contribution in [0.15, 0.2) is 0 Å². The molecule has 2 fully saturated rings. The fraction of sp³-hybridized carbons (Fsp3) is 0.867. The Balaban J connectivity index is 1.81. The van der Waals surface area contributed by atoms with Crippen molar-refractivity contribution in [3.8, 4) is 0 Å². The van der Waals surface area contributed by atoms with Crippen LogP contribution in [0.2, 0.25) is 0 Å². The highest BCUT2D eigenvalue weighted by Gasteiger charge is 2.34. The fourth-order valence-electron chi connectivity index (χ4n) is 2.85. The minimum Gasteiger partial charge on any atom is -0.378 e. The average molecular weight is 282 g/mol. The summed E-state index contributed by atoms with van der Waals surface area (Å²) in [7, 11) is 0. The van der Waals surface area contributed by atoms with Gasteiger partial charge in [-0.1, -0.05) is 13.8 Å². The molecular formula is C15H26N2O3. The van der Waals surface area contributed by atoms with Crippen molar-refractivity contribution >= 4 is 11.8 Å². The van der Waals surface area contributed by atoms with Crippen molar-refractivity contribution in [2.24, 2.45) is 5.41 Å². The predicted octanol–water partition coefficient (Wildman–Crippen LogP) is 1.27. The maximum absolute atomic E-state index is 12.4. The van der Waals surface area contributed by atoms with Crippen LogP contribution in [0.1, 0.15) is 39.5 Å². The lowest BCUT2D eigenvalue weighted by Crippen LogP contribution is -2.42. The molecule has 0 radical (unpaired) electrons. The summed E-state index contributed by atoms with van der Waals surface area (Å²) in [4.78, 5) is 28.4. The fourth-order valence-corrected chi connectivity index (χ4v) is 2.85. The van der Waals surface area contributed by atoms with E-state index < -0.39 is 5.41 Å². The van der Waals surface area contributed by atoms with Gasteiger partial charge in [-0.25, -0.2) is 0 Å². The van der Waals surface area contributed by atoms with Crippen molar-refractivity contribution < 1.29 is 14.3 Å². The number of hydrogen-bond acceptors (Lipinski definition) is 3. The molecule has 5 nitrogen and oxygen atoms in total. The van der Waals surface area contributed by atoms with E-state index in [0.717, 1.165) is 25.9 Å². The van der Waals surface area contributed by atoms with Gasteiger partial charge in [-0.05, 0) is 19.3 Å². The zero-order valence-electron chi connectivity index (χ0n) is 12.7. The topological polar surface area (TPSA) is 49.9 Å². The Bertz CT molecular complexity index is 356. The number of amides is 2. The van der Waals surface area contributed by atoms with Gasteiger partial charge in [0.1, 0.15) is 0 Å². The number of morpholine rings is 1. The van der Waals surface area contributed by atoms with Crippen LogP contribution in [0.5, 0.6) is 0 Å². The van der Waals surface area contributed by atoms with E-state index in [1.54, 1.807) is 0 Å². The average Bonchev–Trinajstić information content (AvgIpc) is 2.99. The quantitative estimate of drug-likeness (QED) is 0.780. The van der Waals surface area contributed by atoms with Crippen molar-refractivity contribution in [3.05, 3.63) is 0 Å². The van der Waals surface area contributed by atoms with E-state index in [-0.39, 0.29) is 11.8 Å². The lowest BCUT2D eigenvalue weighted by Gasteiger charge is -2.31. The van der Waals surface area contributed by atoms with E-state index >= 15 is 0 Å². The summed E-state index contributed by atoms with van der Waals surface area (Å²) in [6.07, 6.45) is 3.29. The summed E-state index contributed by atoms with van der Waals surface area (Å²) in [5, 5.41) is 0. The van der Waals surface area contributed by atoms with Gasteiger partial charge < -0.3 is 14.5 Å². The second-order valence-electron chi connectivity index (χ2n) is 6.38. The van der Waals surface area contributed by atoms with Crippen LogP contribution < -0.4 is 0 Å². The van der Waals surface area contributed by atoms with Crippen LogP contribution in [0.25, 0.3) is 0 Å². The van der Waals surface area contributed by atoms with Gasteiger partial charge in [0.25, 0.3) is 0 Å². The van der Waals surface area contributed by atoms with Crippen LogP contribution in [0, 0.1) is 5.41 Å². The van der Waals surface area contributed by atoms with E-state index in [1.807, 2.05) is 23.6 Å². The molecule has 114 valence electrons. The molecule has 0 unspecified atom stereocenters. The Morgan fingerprint density at radius 3 is 2.20 bits per heavy atom. The van der Waals surface area contributed by atoms with Gasteiger partial charge >= 0.3 is 0 Å². The lowest BCUT2D eigenvalue weighted by molar-refractivity contribution is -0.141.